The third-order valence-electron chi connectivity index (χ3n) is 6.40. The minimum atomic E-state index is -1.18. The van der Waals surface area contributed by atoms with E-state index in [-0.39, 0.29) is 0 Å². The summed E-state index contributed by atoms with van der Waals surface area (Å²) in [5.41, 5.74) is 24.1. The van der Waals surface area contributed by atoms with Crippen molar-refractivity contribution in [3.05, 3.63) is 58.5 Å². The fourth-order valence-electron chi connectivity index (χ4n) is 4.36. The first kappa shape index (κ1) is 31.4. The van der Waals surface area contributed by atoms with Gasteiger partial charge in [0.1, 0.15) is 5.67 Å². The summed E-state index contributed by atoms with van der Waals surface area (Å²) < 4.78 is 12.9. The van der Waals surface area contributed by atoms with E-state index < -0.39 is 5.67 Å². The molecule has 0 saturated carbocycles. The molecule has 2 unspecified atom stereocenters. The molecule has 5 nitrogen and oxygen atoms in total. The highest BCUT2D eigenvalue weighted by atomic mass is 35.5. The second kappa shape index (κ2) is 17.8. The molecule has 0 spiro atoms. The van der Waals surface area contributed by atoms with Gasteiger partial charge in [-0.2, -0.15) is 0 Å². The molecule has 1 aliphatic heterocycles. The van der Waals surface area contributed by atoms with E-state index >= 15 is 0 Å². The minimum absolute atomic E-state index is 0.309. The Balaban J connectivity index is 0.000000359. The number of nitrogens with one attached hydrogen (secondary N) is 1. The summed E-state index contributed by atoms with van der Waals surface area (Å²) in [5, 5.41) is 0.309. The lowest BCUT2D eigenvalue weighted by Gasteiger charge is -2.17. The van der Waals surface area contributed by atoms with Gasteiger partial charge < -0.3 is 22.0 Å². The number of hydroxylamine groups is 1. The van der Waals surface area contributed by atoms with Gasteiger partial charge in [-0.3, -0.25) is 0 Å². The highest BCUT2D eigenvalue weighted by molar-refractivity contribution is 6.20. The molecule has 0 amide bonds. The second-order valence-corrected chi connectivity index (χ2v) is 10.2. The van der Waals surface area contributed by atoms with Crippen molar-refractivity contribution in [1.29, 1.82) is 0 Å². The highest BCUT2D eigenvalue weighted by Gasteiger charge is 2.20. The van der Waals surface area contributed by atoms with E-state index in [1.54, 1.807) is 40.5 Å². The first-order valence-corrected chi connectivity index (χ1v) is 13.5. The molecule has 3 aliphatic rings. The molecule has 2 atom stereocenters. The number of nitrogens with two attached hydrogens (primary N) is 3. The van der Waals surface area contributed by atoms with Crippen LogP contribution in [0.2, 0.25) is 0 Å². The molecule has 7 N–H and O–H groups in total. The van der Waals surface area contributed by atoms with Gasteiger partial charge in [-0.05, 0) is 94.7 Å². The van der Waals surface area contributed by atoms with E-state index in [0.717, 1.165) is 38.8 Å². The van der Waals surface area contributed by atoms with Crippen LogP contribution in [0.1, 0.15) is 85.0 Å². The summed E-state index contributed by atoms with van der Waals surface area (Å²) in [6, 6.07) is 0. The Labute approximate surface area is 217 Å². The molecular formula is C28H48ClFN4O. The fraction of sp³-hybridized carbons (Fsp3) is 0.643. The predicted molar refractivity (Wildman–Crippen MR) is 148 cm³/mol. The Morgan fingerprint density at radius 3 is 2.57 bits per heavy atom. The van der Waals surface area contributed by atoms with Crippen LogP contribution in [0.4, 0.5) is 4.39 Å². The van der Waals surface area contributed by atoms with Crippen LogP contribution in [-0.2, 0) is 4.84 Å². The van der Waals surface area contributed by atoms with Gasteiger partial charge in [0.2, 0.25) is 0 Å². The van der Waals surface area contributed by atoms with Gasteiger partial charge in [-0.25, -0.2) is 9.87 Å². The van der Waals surface area contributed by atoms with Crippen LogP contribution in [0.3, 0.4) is 0 Å². The topological polar surface area (TPSA) is 99.3 Å². The smallest absolute Gasteiger partial charge is 0.130 e. The van der Waals surface area contributed by atoms with Gasteiger partial charge in [0.25, 0.3) is 0 Å². The molecular weight excluding hydrogens is 463 g/mol. The lowest BCUT2D eigenvalue weighted by atomic mass is 9.90. The van der Waals surface area contributed by atoms with E-state index in [9.17, 15) is 4.39 Å². The molecule has 1 fully saturated rings. The number of rotatable bonds is 5. The number of hydrogen-bond acceptors (Lipinski definition) is 5. The molecule has 3 rings (SSSR count). The lowest BCUT2D eigenvalue weighted by Crippen LogP contribution is -2.16. The van der Waals surface area contributed by atoms with Crippen LogP contribution in [-0.4, -0.2) is 30.7 Å². The Kier molecular flexibility index (Phi) is 16.0. The third-order valence-corrected chi connectivity index (χ3v) is 6.78. The molecule has 0 aromatic heterocycles. The highest BCUT2D eigenvalue weighted by Crippen LogP contribution is 2.35. The van der Waals surface area contributed by atoms with E-state index in [1.807, 2.05) is 0 Å². The molecule has 200 valence electrons. The number of hydrogen-bond donors (Lipinski definition) is 4. The van der Waals surface area contributed by atoms with Crippen molar-refractivity contribution in [2.45, 2.75) is 96.0 Å². The van der Waals surface area contributed by atoms with Gasteiger partial charge in [0, 0.05) is 30.6 Å². The monoisotopic (exact) mass is 510 g/mol. The van der Waals surface area contributed by atoms with E-state index in [0.29, 0.717) is 24.0 Å². The van der Waals surface area contributed by atoms with Crippen LogP contribution in [0, 0.1) is 0 Å². The predicted octanol–water partition coefficient (Wildman–Crippen LogP) is 6.22. The zero-order chi connectivity index (χ0) is 26.1. The molecule has 0 aromatic carbocycles. The molecule has 1 heterocycles. The lowest BCUT2D eigenvalue weighted by molar-refractivity contribution is 0.0533. The summed E-state index contributed by atoms with van der Waals surface area (Å²) in [7, 11) is 0. The third kappa shape index (κ3) is 13.3. The second-order valence-electron chi connectivity index (χ2n) is 9.53. The van der Waals surface area contributed by atoms with Crippen molar-refractivity contribution >= 4 is 11.6 Å². The average molecular weight is 511 g/mol. The molecule has 7 heteroatoms. The molecule has 0 bridgehead atoms. The molecule has 35 heavy (non-hydrogen) atoms. The summed E-state index contributed by atoms with van der Waals surface area (Å²) >= 11 is 6.51. The van der Waals surface area contributed by atoms with Crippen molar-refractivity contribution in [2.75, 3.05) is 19.7 Å². The number of alkyl halides is 2. The minimum Gasteiger partial charge on any atom is -0.405 e. The van der Waals surface area contributed by atoms with Crippen LogP contribution in [0.5, 0.6) is 0 Å². The van der Waals surface area contributed by atoms with E-state index in [2.05, 4.69) is 19.3 Å². The van der Waals surface area contributed by atoms with Crippen LogP contribution < -0.4 is 22.7 Å². The number of allylic oxidation sites excluding steroid dienone is 6. The quantitative estimate of drug-likeness (QED) is 0.329. The molecule has 0 aromatic rings. The normalized spacial score (nSPS) is 26.1. The van der Waals surface area contributed by atoms with E-state index in [1.165, 1.54) is 51.3 Å². The fourth-order valence-corrected chi connectivity index (χ4v) is 4.76. The zero-order valence-electron chi connectivity index (χ0n) is 22.1. The van der Waals surface area contributed by atoms with Crippen molar-refractivity contribution in [3.8, 4) is 0 Å². The maximum Gasteiger partial charge on any atom is 0.130 e. The zero-order valence-corrected chi connectivity index (χ0v) is 22.8. The average Bonchev–Trinajstić information content (AvgIpc) is 3.19. The summed E-state index contributed by atoms with van der Waals surface area (Å²) in [6.07, 6.45) is 19.0. The van der Waals surface area contributed by atoms with Gasteiger partial charge in [0.15, 0.2) is 0 Å². The SMILES string of the molecule is CC1(F)C=CC(N)=CC1.CCCC(Cl)CC1=C(C)/C(=C2\CCNOCC2)CCCC1.N/C=C\CN. The largest absolute Gasteiger partial charge is 0.405 e. The maximum atomic E-state index is 12.9. The van der Waals surface area contributed by atoms with Gasteiger partial charge >= 0.3 is 0 Å². The standard InChI is InChI=1S/C18H30ClNO.C7H10FN.C3H8N2/c1-3-6-17(19)13-16-7-4-5-8-18(14(16)2)15-9-11-20-21-12-10-15;1-7(8)4-2-6(9)3-5-7;4-2-1-3-5/h17,20H,3-13H2,1-2H3;2-4H,5,9H2,1H3;1-2H,3-5H2/b18-15+;;2-1-. The van der Waals surface area contributed by atoms with E-state index in [4.69, 9.17) is 33.6 Å². The summed E-state index contributed by atoms with van der Waals surface area (Å²) in [4.78, 5) is 5.38. The number of halogens is 2. The Morgan fingerprint density at radius 1 is 1.26 bits per heavy atom. The molecule has 0 radical (unpaired) electrons. The van der Waals surface area contributed by atoms with Crippen molar-refractivity contribution in [3.63, 3.8) is 0 Å². The first-order chi connectivity index (χ1) is 16.7. The van der Waals surface area contributed by atoms with Crippen LogP contribution in [0.15, 0.2) is 58.5 Å². The van der Waals surface area contributed by atoms with Crippen molar-refractivity contribution in [1.82, 2.24) is 5.48 Å². The summed E-state index contributed by atoms with van der Waals surface area (Å²) in [5.74, 6) is 0. The molecule has 1 saturated heterocycles. The van der Waals surface area contributed by atoms with Crippen molar-refractivity contribution < 1.29 is 9.23 Å². The van der Waals surface area contributed by atoms with Crippen LogP contribution in [0.25, 0.3) is 0 Å². The Morgan fingerprint density at radius 2 is 2.00 bits per heavy atom. The Bertz CT molecular complexity index is 761. The van der Waals surface area contributed by atoms with Crippen LogP contribution >= 0.6 is 11.6 Å². The van der Waals surface area contributed by atoms with Gasteiger partial charge in [-0.15, -0.1) is 11.6 Å². The maximum absolute atomic E-state index is 12.9. The van der Waals surface area contributed by atoms with Gasteiger partial charge in [0.05, 0.1) is 6.61 Å². The molecule has 2 aliphatic carbocycles. The van der Waals surface area contributed by atoms with Crippen molar-refractivity contribution in [2.24, 2.45) is 17.2 Å². The summed E-state index contributed by atoms with van der Waals surface area (Å²) in [6.45, 7) is 8.36. The van der Waals surface area contributed by atoms with Gasteiger partial charge in [-0.1, -0.05) is 36.6 Å². The first-order valence-electron chi connectivity index (χ1n) is 13.0. The Hall–Kier alpha value is -1.60.